The molecule has 0 aliphatic carbocycles. The van der Waals surface area contributed by atoms with Crippen molar-refractivity contribution in [3.05, 3.63) is 23.9 Å². The summed E-state index contributed by atoms with van der Waals surface area (Å²) in [5.41, 5.74) is 6.50. The predicted molar refractivity (Wildman–Crippen MR) is 116 cm³/mol. The van der Waals surface area contributed by atoms with Gasteiger partial charge in [0.05, 0.1) is 18.2 Å². The zero-order chi connectivity index (χ0) is 21.6. The number of ether oxygens (including phenoxy) is 2. The van der Waals surface area contributed by atoms with Crippen LogP contribution in [0.2, 0.25) is 0 Å². The van der Waals surface area contributed by atoms with Gasteiger partial charge >= 0.3 is 0 Å². The lowest BCUT2D eigenvalue weighted by molar-refractivity contribution is 0.0864. The molecule has 1 heterocycles. The Morgan fingerprint density at radius 1 is 1.24 bits per heavy atom. The molecule has 0 spiro atoms. The number of nitrogens with two attached hydrogens (primary N) is 1. The molecule has 1 aromatic heterocycles. The number of aromatic nitrogens is 1. The fourth-order valence-electron chi connectivity index (χ4n) is 3.04. The average Bonchev–Trinajstić information content (AvgIpc) is 3.11. The molecule has 0 saturated carbocycles. The number of H-pyrrole nitrogens is 1. The maximum absolute atomic E-state index is 12.5. The highest BCUT2D eigenvalue weighted by Gasteiger charge is 2.19. The van der Waals surface area contributed by atoms with Crippen LogP contribution < -0.4 is 15.2 Å². The lowest BCUT2D eigenvalue weighted by Gasteiger charge is -2.18. The molecular formula is C21H33N5O3. The molecule has 1 aromatic carbocycles. The average molecular weight is 404 g/mol. The second-order valence-corrected chi connectivity index (χ2v) is 7.21. The van der Waals surface area contributed by atoms with Crippen LogP contribution in [0.1, 0.15) is 44.6 Å². The van der Waals surface area contributed by atoms with E-state index in [0.29, 0.717) is 23.8 Å². The van der Waals surface area contributed by atoms with Crippen molar-refractivity contribution in [2.45, 2.75) is 40.2 Å². The van der Waals surface area contributed by atoms with Crippen LogP contribution in [0.3, 0.4) is 0 Å². The van der Waals surface area contributed by atoms with E-state index in [0.717, 1.165) is 41.9 Å². The normalized spacial score (nSPS) is 11.3. The molecule has 0 radical (unpaired) electrons. The molecule has 2 aromatic rings. The Labute approximate surface area is 172 Å². The molecule has 8 heteroatoms. The molecule has 0 bridgehead atoms. The molecule has 0 unspecified atom stereocenters. The molecule has 0 saturated heterocycles. The molecule has 0 fully saturated rings. The lowest BCUT2D eigenvalue weighted by Crippen LogP contribution is -2.38. The van der Waals surface area contributed by atoms with Crippen molar-refractivity contribution in [3.63, 3.8) is 0 Å². The van der Waals surface area contributed by atoms with E-state index in [9.17, 15) is 4.79 Å². The van der Waals surface area contributed by atoms with Crippen LogP contribution in [0.15, 0.2) is 18.2 Å². The zero-order valence-corrected chi connectivity index (χ0v) is 18.0. The fraction of sp³-hybridized carbons (Fsp3) is 0.524. The molecule has 0 atom stereocenters. The number of hydrogen-bond donors (Lipinski definition) is 3. The highest BCUT2D eigenvalue weighted by Crippen LogP contribution is 2.33. The summed E-state index contributed by atoms with van der Waals surface area (Å²) in [6.45, 7) is 11.9. The molecule has 0 aliphatic rings. The van der Waals surface area contributed by atoms with E-state index in [1.807, 2.05) is 26.0 Å². The van der Waals surface area contributed by atoms with Crippen LogP contribution in [0.5, 0.6) is 11.5 Å². The van der Waals surface area contributed by atoms with Crippen molar-refractivity contribution in [2.75, 3.05) is 33.3 Å². The van der Waals surface area contributed by atoms with Gasteiger partial charge in [0.1, 0.15) is 17.2 Å². The van der Waals surface area contributed by atoms with Gasteiger partial charge in [-0.15, -0.1) is 0 Å². The van der Waals surface area contributed by atoms with Crippen LogP contribution in [-0.2, 0) is 0 Å². The van der Waals surface area contributed by atoms with Gasteiger partial charge in [-0.3, -0.25) is 15.1 Å². The van der Waals surface area contributed by atoms with Crippen LogP contribution in [-0.4, -0.2) is 66.0 Å². The largest absolute Gasteiger partial charge is 0.493 e. The first-order chi connectivity index (χ1) is 13.8. The van der Waals surface area contributed by atoms with Gasteiger partial charge < -0.3 is 25.1 Å². The summed E-state index contributed by atoms with van der Waals surface area (Å²) in [4.78, 5) is 19.0. The summed E-state index contributed by atoms with van der Waals surface area (Å²) in [6.07, 6.45) is 0.905. The number of benzene rings is 1. The van der Waals surface area contributed by atoms with E-state index in [1.165, 1.54) is 7.05 Å². The minimum atomic E-state index is -0.383. The quantitative estimate of drug-likeness (QED) is 0.321. The maximum atomic E-state index is 12.5. The molecule has 2 rings (SSSR count). The van der Waals surface area contributed by atoms with Crippen LogP contribution in [0.4, 0.5) is 0 Å². The third-order valence-electron chi connectivity index (χ3n) is 4.71. The van der Waals surface area contributed by atoms with Crippen molar-refractivity contribution >= 4 is 22.8 Å². The standard InChI is InChI=1S/C21H33N5O3/c1-6-26(7-2)9-8-10-28-15-11-17-16(19(12-15)29-14(3)4)13-18(24-17)20(27)25(5)21(22)23/h11-14,24H,6-10H2,1-5H3,(H3,22,23). The number of carbonyl (C=O) groups is 1. The SMILES string of the molecule is CCN(CC)CCCOc1cc(OC(C)C)c2cc(C(=O)N(C)C(=N)N)[nH]c2c1. The second-order valence-electron chi connectivity index (χ2n) is 7.21. The first-order valence-electron chi connectivity index (χ1n) is 10.1. The van der Waals surface area contributed by atoms with Crippen molar-refractivity contribution in [3.8, 4) is 11.5 Å². The van der Waals surface area contributed by atoms with E-state index in [2.05, 4.69) is 23.7 Å². The minimum Gasteiger partial charge on any atom is -0.493 e. The summed E-state index contributed by atoms with van der Waals surface area (Å²) in [6, 6.07) is 5.44. The Kier molecular flexibility index (Phi) is 7.90. The number of fused-ring (bicyclic) bond motifs is 1. The number of nitrogens with one attached hydrogen (secondary N) is 2. The van der Waals surface area contributed by atoms with Crippen LogP contribution >= 0.6 is 0 Å². The number of hydrogen-bond acceptors (Lipinski definition) is 5. The highest BCUT2D eigenvalue weighted by atomic mass is 16.5. The first kappa shape index (κ1) is 22.5. The first-order valence-corrected chi connectivity index (χ1v) is 10.1. The minimum absolute atomic E-state index is 0.0231. The Morgan fingerprint density at radius 3 is 2.52 bits per heavy atom. The number of guanidine groups is 1. The monoisotopic (exact) mass is 403 g/mol. The van der Waals surface area contributed by atoms with Gasteiger partial charge in [0.25, 0.3) is 5.91 Å². The summed E-state index contributed by atoms with van der Waals surface area (Å²) in [5.74, 6) is 0.640. The van der Waals surface area contributed by atoms with Gasteiger partial charge in [-0.1, -0.05) is 13.8 Å². The maximum Gasteiger partial charge on any atom is 0.276 e. The van der Waals surface area contributed by atoms with Crippen molar-refractivity contribution in [2.24, 2.45) is 5.73 Å². The Balaban J connectivity index is 2.24. The molecule has 8 nitrogen and oxygen atoms in total. The van der Waals surface area contributed by atoms with Crippen LogP contribution in [0.25, 0.3) is 10.9 Å². The fourth-order valence-corrected chi connectivity index (χ4v) is 3.04. The van der Waals surface area contributed by atoms with E-state index >= 15 is 0 Å². The summed E-state index contributed by atoms with van der Waals surface area (Å²) in [5, 5.41) is 8.24. The zero-order valence-electron chi connectivity index (χ0n) is 18.0. The predicted octanol–water partition coefficient (Wildman–Crippen LogP) is 3.03. The summed E-state index contributed by atoms with van der Waals surface area (Å²) in [7, 11) is 1.46. The number of rotatable bonds is 10. The Hall–Kier alpha value is -2.74. The number of nitrogens with zero attached hydrogens (tertiary/aromatic N) is 2. The molecular weight excluding hydrogens is 370 g/mol. The van der Waals surface area contributed by atoms with Crippen molar-refractivity contribution in [1.29, 1.82) is 5.41 Å². The highest BCUT2D eigenvalue weighted by molar-refractivity contribution is 6.06. The number of amides is 1. The van der Waals surface area contributed by atoms with E-state index < -0.39 is 0 Å². The van der Waals surface area contributed by atoms with Gasteiger partial charge in [0, 0.05) is 31.1 Å². The number of aromatic amines is 1. The van der Waals surface area contributed by atoms with E-state index in [1.54, 1.807) is 6.07 Å². The lowest BCUT2D eigenvalue weighted by atomic mass is 10.2. The molecule has 0 aliphatic heterocycles. The summed E-state index contributed by atoms with van der Waals surface area (Å²) < 4.78 is 11.9. The topological polar surface area (TPSA) is 108 Å². The van der Waals surface area contributed by atoms with Gasteiger partial charge in [-0.2, -0.15) is 0 Å². The van der Waals surface area contributed by atoms with Crippen molar-refractivity contribution in [1.82, 2.24) is 14.8 Å². The van der Waals surface area contributed by atoms with Gasteiger partial charge in [-0.05, 0) is 39.4 Å². The third-order valence-corrected chi connectivity index (χ3v) is 4.71. The van der Waals surface area contributed by atoms with Gasteiger partial charge in [0.15, 0.2) is 5.96 Å². The third kappa shape index (κ3) is 5.87. The summed E-state index contributed by atoms with van der Waals surface area (Å²) >= 11 is 0. The molecule has 29 heavy (non-hydrogen) atoms. The molecule has 4 N–H and O–H groups in total. The molecule has 160 valence electrons. The Bertz CT molecular complexity index is 842. The van der Waals surface area contributed by atoms with Crippen molar-refractivity contribution < 1.29 is 14.3 Å². The van der Waals surface area contributed by atoms with Crippen LogP contribution in [0, 0.1) is 5.41 Å². The Morgan fingerprint density at radius 2 is 1.93 bits per heavy atom. The van der Waals surface area contributed by atoms with E-state index in [4.69, 9.17) is 20.6 Å². The number of carbonyl (C=O) groups excluding carboxylic acids is 1. The molecule has 1 amide bonds. The van der Waals surface area contributed by atoms with Gasteiger partial charge in [-0.25, -0.2) is 0 Å². The van der Waals surface area contributed by atoms with E-state index in [-0.39, 0.29) is 18.0 Å². The second kappa shape index (κ2) is 10.2. The van der Waals surface area contributed by atoms with Gasteiger partial charge in [0.2, 0.25) is 0 Å². The smallest absolute Gasteiger partial charge is 0.276 e.